The number of phenols is 1. The third-order valence-electron chi connectivity index (χ3n) is 2.23. The van der Waals surface area contributed by atoms with Crippen molar-refractivity contribution in [3.63, 3.8) is 0 Å². The SMILES string of the molecule is COc1cccc(C(O)C(O)CC#N)c1O. The van der Waals surface area contributed by atoms with Gasteiger partial charge in [-0.25, -0.2) is 0 Å². The minimum Gasteiger partial charge on any atom is -0.504 e. The number of methoxy groups -OCH3 is 1. The molecule has 0 spiro atoms. The Morgan fingerprint density at radius 2 is 2.12 bits per heavy atom. The Morgan fingerprint density at radius 3 is 2.69 bits per heavy atom. The van der Waals surface area contributed by atoms with Crippen molar-refractivity contribution in [1.29, 1.82) is 5.26 Å². The van der Waals surface area contributed by atoms with Crippen LogP contribution in [-0.2, 0) is 0 Å². The quantitative estimate of drug-likeness (QED) is 0.698. The van der Waals surface area contributed by atoms with Gasteiger partial charge >= 0.3 is 0 Å². The lowest BCUT2D eigenvalue weighted by Crippen LogP contribution is -2.17. The molecule has 3 N–H and O–H groups in total. The van der Waals surface area contributed by atoms with Crippen molar-refractivity contribution in [2.45, 2.75) is 18.6 Å². The van der Waals surface area contributed by atoms with Crippen molar-refractivity contribution in [3.05, 3.63) is 23.8 Å². The zero-order valence-electron chi connectivity index (χ0n) is 8.79. The number of nitrogens with zero attached hydrogens (tertiary/aromatic N) is 1. The van der Waals surface area contributed by atoms with Crippen LogP contribution in [0, 0.1) is 11.3 Å². The van der Waals surface area contributed by atoms with E-state index in [-0.39, 0.29) is 23.5 Å². The molecule has 5 heteroatoms. The summed E-state index contributed by atoms with van der Waals surface area (Å²) in [4.78, 5) is 0. The number of ether oxygens (including phenoxy) is 1. The van der Waals surface area contributed by atoms with Crippen LogP contribution in [0.2, 0.25) is 0 Å². The Morgan fingerprint density at radius 1 is 1.44 bits per heavy atom. The molecule has 0 saturated carbocycles. The first kappa shape index (κ1) is 12.3. The highest BCUT2D eigenvalue weighted by molar-refractivity contribution is 5.46. The number of rotatable bonds is 4. The summed E-state index contributed by atoms with van der Waals surface area (Å²) in [6.45, 7) is 0. The lowest BCUT2D eigenvalue weighted by atomic mass is 10.0. The lowest BCUT2D eigenvalue weighted by molar-refractivity contribution is 0.0201. The molecule has 0 aromatic heterocycles. The third kappa shape index (κ3) is 2.42. The van der Waals surface area contributed by atoms with Gasteiger partial charge in [0.15, 0.2) is 11.5 Å². The number of hydrogen-bond donors (Lipinski definition) is 3. The number of benzene rings is 1. The topological polar surface area (TPSA) is 93.7 Å². The molecule has 0 heterocycles. The van der Waals surface area contributed by atoms with E-state index >= 15 is 0 Å². The molecule has 1 aromatic rings. The number of aliphatic hydroxyl groups is 2. The van der Waals surface area contributed by atoms with Crippen LogP contribution in [0.15, 0.2) is 18.2 Å². The number of hydrogen-bond acceptors (Lipinski definition) is 5. The van der Waals surface area contributed by atoms with Gasteiger partial charge in [-0.3, -0.25) is 0 Å². The van der Waals surface area contributed by atoms with Gasteiger partial charge < -0.3 is 20.1 Å². The molecule has 16 heavy (non-hydrogen) atoms. The molecule has 0 aliphatic rings. The van der Waals surface area contributed by atoms with E-state index in [2.05, 4.69) is 0 Å². The number of aliphatic hydroxyl groups excluding tert-OH is 2. The average Bonchev–Trinajstić information content (AvgIpc) is 2.29. The third-order valence-corrected chi connectivity index (χ3v) is 2.23. The molecule has 2 unspecified atom stereocenters. The van der Waals surface area contributed by atoms with Gasteiger partial charge in [-0.15, -0.1) is 0 Å². The number of para-hydroxylation sites is 1. The highest BCUT2D eigenvalue weighted by Crippen LogP contribution is 2.34. The van der Waals surface area contributed by atoms with Crippen LogP contribution in [-0.4, -0.2) is 28.5 Å². The Balaban J connectivity index is 3.00. The van der Waals surface area contributed by atoms with Gasteiger partial charge in [0.2, 0.25) is 0 Å². The molecule has 86 valence electrons. The van der Waals surface area contributed by atoms with E-state index in [0.717, 1.165) is 0 Å². The van der Waals surface area contributed by atoms with Crippen LogP contribution in [0.4, 0.5) is 0 Å². The van der Waals surface area contributed by atoms with Gasteiger partial charge in [0, 0.05) is 5.56 Å². The minimum absolute atomic E-state index is 0.141. The van der Waals surface area contributed by atoms with Gasteiger partial charge in [0.1, 0.15) is 6.10 Å². The van der Waals surface area contributed by atoms with E-state index in [9.17, 15) is 15.3 Å². The van der Waals surface area contributed by atoms with Crippen molar-refractivity contribution in [3.8, 4) is 17.6 Å². The summed E-state index contributed by atoms with van der Waals surface area (Å²) in [6, 6.07) is 6.31. The summed E-state index contributed by atoms with van der Waals surface area (Å²) < 4.78 is 4.87. The lowest BCUT2D eigenvalue weighted by Gasteiger charge is -2.17. The van der Waals surface area contributed by atoms with E-state index in [1.54, 1.807) is 12.1 Å². The predicted octanol–water partition coefficient (Wildman–Crippen LogP) is 0.709. The molecule has 2 atom stereocenters. The molecular formula is C11H13NO4. The van der Waals surface area contributed by atoms with Crippen molar-refractivity contribution in [1.82, 2.24) is 0 Å². The zero-order chi connectivity index (χ0) is 12.1. The maximum Gasteiger partial charge on any atom is 0.163 e. The first-order valence-electron chi connectivity index (χ1n) is 4.70. The Hall–Kier alpha value is -1.77. The molecular weight excluding hydrogens is 210 g/mol. The van der Waals surface area contributed by atoms with Crippen LogP contribution in [0.5, 0.6) is 11.5 Å². The second-order valence-corrected chi connectivity index (χ2v) is 3.27. The van der Waals surface area contributed by atoms with Crippen molar-refractivity contribution < 1.29 is 20.1 Å². The fourth-order valence-corrected chi connectivity index (χ4v) is 1.36. The Labute approximate surface area is 93.1 Å². The monoisotopic (exact) mass is 223 g/mol. The van der Waals surface area contributed by atoms with Crippen LogP contribution in [0.3, 0.4) is 0 Å². The number of phenolic OH excluding ortho intramolecular Hbond substituents is 1. The maximum absolute atomic E-state index is 9.70. The number of nitriles is 1. The molecule has 0 aliphatic heterocycles. The first-order valence-corrected chi connectivity index (χ1v) is 4.70. The zero-order valence-corrected chi connectivity index (χ0v) is 8.79. The molecule has 1 aromatic carbocycles. The molecule has 0 radical (unpaired) electrons. The first-order chi connectivity index (χ1) is 7.61. The standard InChI is InChI=1S/C11H13NO4/c1-16-9-4-2-3-7(11(9)15)10(14)8(13)5-6-12/h2-4,8,10,13-15H,5H2,1H3. The van der Waals surface area contributed by atoms with Crippen molar-refractivity contribution in [2.24, 2.45) is 0 Å². The predicted molar refractivity (Wildman–Crippen MR) is 55.9 cm³/mol. The summed E-state index contributed by atoms with van der Waals surface area (Å²) in [5.74, 6) is -0.0183. The molecule has 0 fully saturated rings. The fraction of sp³-hybridized carbons (Fsp3) is 0.364. The van der Waals surface area contributed by atoms with Crippen molar-refractivity contribution >= 4 is 0 Å². The molecule has 1 rings (SSSR count). The van der Waals surface area contributed by atoms with Crippen LogP contribution < -0.4 is 4.74 Å². The van der Waals surface area contributed by atoms with Gasteiger partial charge in [-0.05, 0) is 6.07 Å². The molecule has 0 bridgehead atoms. The maximum atomic E-state index is 9.70. The van der Waals surface area contributed by atoms with E-state index in [0.29, 0.717) is 0 Å². The molecule has 0 saturated heterocycles. The van der Waals surface area contributed by atoms with E-state index in [4.69, 9.17) is 10.00 Å². The highest BCUT2D eigenvalue weighted by Gasteiger charge is 2.22. The van der Waals surface area contributed by atoms with E-state index < -0.39 is 12.2 Å². The summed E-state index contributed by atoms with van der Waals surface area (Å²) in [5.41, 5.74) is 0.141. The highest BCUT2D eigenvalue weighted by atomic mass is 16.5. The molecule has 0 amide bonds. The summed E-state index contributed by atoms with van der Waals surface area (Å²) >= 11 is 0. The minimum atomic E-state index is -1.31. The molecule has 5 nitrogen and oxygen atoms in total. The summed E-state index contributed by atoms with van der Waals surface area (Å²) in [5, 5.41) is 37.2. The summed E-state index contributed by atoms with van der Waals surface area (Å²) in [7, 11) is 1.39. The van der Waals surface area contributed by atoms with Crippen LogP contribution in [0.25, 0.3) is 0 Å². The van der Waals surface area contributed by atoms with Gasteiger partial charge in [-0.2, -0.15) is 5.26 Å². The van der Waals surface area contributed by atoms with Gasteiger partial charge in [0.25, 0.3) is 0 Å². The molecule has 0 aliphatic carbocycles. The summed E-state index contributed by atoms with van der Waals surface area (Å²) in [6.07, 6.45) is -2.75. The smallest absolute Gasteiger partial charge is 0.163 e. The van der Waals surface area contributed by atoms with Gasteiger partial charge in [0.05, 0.1) is 25.7 Å². The van der Waals surface area contributed by atoms with E-state index in [1.807, 2.05) is 0 Å². The average molecular weight is 223 g/mol. The fourth-order valence-electron chi connectivity index (χ4n) is 1.36. The van der Waals surface area contributed by atoms with Crippen LogP contribution in [0.1, 0.15) is 18.1 Å². The largest absolute Gasteiger partial charge is 0.504 e. The second-order valence-electron chi connectivity index (χ2n) is 3.27. The normalized spacial score (nSPS) is 13.9. The second kappa shape index (κ2) is 5.35. The van der Waals surface area contributed by atoms with Gasteiger partial charge in [-0.1, -0.05) is 12.1 Å². The van der Waals surface area contributed by atoms with E-state index in [1.165, 1.54) is 19.2 Å². The Bertz CT molecular complexity index is 399. The van der Waals surface area contributed by atoms with Crippen molar-refractivity contribution in [2.75, 3.05) is 7.11 Å². The van der Waals surface area contributed by atoms with Crippen LogP contribution >= 0.6 is 0 Å². The Kier molecular flexibility index (Phi) is 4.11. The number of aromatic hydroxyl groups is 1.